The summed E-state index contributed by atoms with van der Waals surface area (Å²) in [4.78, 5) is 41.6. The predicted octanol–water partition coefficient (Wildman–Crippen LogP) is 1.86. The summed E-state index contributed by atoms with van der Waals surface area (Å²) in [6, 6.07) is 0.0446. The highest BCUT2D eigenvalue weighted by atomic mass is 32.1. The number of nitrogens with one attached hydrogen (secondary N) is 1. The minimum Gasteiger partial charge on any atom is -0.462 e. The maximum Gasteiger partial charge on any atom is 0.348 e. The van der Waals surface area contributed by atoms with Crippen molar-refractivity contribution in [2.24, 2.45) is 0 Å². The van der Waals surface area contributed by atoms with Gasteiger partial charge in [0.15, 0.2) is 0 Å². The fraction of sp³-hybridized carbons (Fsp3) is 0.500. The minimum atomic E-state index is -0.460. The second-order valence-corrected chi connectivity index (χ2v) is 6.51. The van der Waals surface area contributed by atoms with Gasteiger partial charge in [0.05, 0.1) is 18.3 Å². The smallest absolute Gasteiger partial charge is 0.348 e. The SMILES string of the molecule is CCOC(=O)c1sc2ncn(CC(=O)NC(C)CC)c(=O)c2c1C. The third kappa shape index (κ3) is 3.64. The summed E-state index contributed by atoms with van der Waals surface area (Å²) in [5, 5.41) is 3.17. The Morgan fingerprint density at radius 3 is 2.75 bits per heavy atom. The predicted molar refractivity (Wildman–Crippen MR) is 92.5 cm³/mol. The third-order valence-corrected chi connectivity index (χ3v) is 4.89. The molecule has 0 spiro atoms. The van der Waals surface area contributed by atoms with Crippen LogP contribution in [0, 0.1) is 6.92 Å². The van der Waals surface area contributed by atoms with Crippen LogP contribution in [0.4, 0.5) is 0 Å². The summed E-state index contributed by atoms with van der Waals surface area (Å²) in [6.07, 6.45) is 2.15. The molecule has 24 heavy (non-hydrogen) atoms. The topological polar surface area (TPSA) is 90.3 Å². The van der Waals surface area contributed by atoms with Crippen LogP contribution in [0.5, 0.6) is 0 Å². The first-order chi connectivity index (χ1) is 11.4. The first kappa shape index (κ1) is 18.1. The monoisotopic (exact) mass is 351 g/mol. The molecule has 0 fully saturated rings. The Morgan fingerprint density at radius 1 is 1.42 bits per heavy atom. The number of nitrogens with zero attached hydrogens (tertiary/aromatic N) is 2. The van der Waals surface area contributed by atoms with Crippen molar-refractivity contribution in [3.05, 3.63) is 27.1 Å². The maximum absolute atomic E-state index is 12.6. The molecule has 0 aliphatic heterocycles. The van der Waals surface area contributed by atoms with Crippen LogP contribution in [0.2, 0.25) is 0 Å². The van der Waals surface area contributed by atoms with Crippen molar-refractivity contribution in [3.8, 4) is 0 Å². The van der Waals surface area contributed by atoms with Crippen molar-refractivity contribution in [1.82, 2.24) is 14.9 Å². The zero-order valence-corrected chi connectivity index (χ0v) is 15.0. The Balaban J connectivity index is 2.37. The van der Waals surface area contributed by atoms with Crippen molar-refractivity contribution in [2.75, 3.05) is 6.61 Å². The van der Waals surface area contributed by atoms with E-state index in [2.05, 4.69) is 10.3 Å². The highest BCUT2D eigenvalue weighted by molar-refractivity contribution is 7.20. The lowest BCUT2D eigenvalue weighted by Gasteiger charge is -2.12. The molecule has 0 bridgehead atoms. The molecule has 0 aliphatic carbocycles. The van der Waals surface area contributed by atoms with Crippen LogP contribution in [-0.2, 0) is 16.1 Å². The quantitative estimate of drug-likeness (QED) is 0.802. The molecule has 1 N–H and O–H groups in total. The van der Waals surface area contributed by atoms with Crippen molar-refractivity contribution >= 4 is 33.4 Å². The summed E-state index contributed by atoms with van der Waals surface area (Å²) in [6.45, 7) is 7.45. The van der Waals surface area contributed by atoms with Crippen molar-refractivity contribution in [2.45, 2.75) is 46.7 Å². The Hall–Kier alpha value is -2.22. The molecule has 0 radical (unpaired) electrons. The van der Waals surface area contributed by atoms with Crippen LogP contribution >= 0.6 is 11.3 Å². The van der Waals surface area contributed by atoms with Gasteiger partial charge in [-0.1, -0.05) is 6.92 Å². The molecule has 7 nitrogen and oxygen atoms in total. The summed E-state index contributed by atoms with van der Waals surface area (Å²) >= 11 is 1.13. The zero-order valence-electron chi connectivity index (χ0n) is 14.2. The molecule has 2 aromatic rings. The number of hydrogen-bond acceptors (Lipinski definition) is 6. The number of fused-ring (bicyclic) bond motifs is 1. The maximum atomic E-state index is 12.6. The normalized spacial score (nSPS) is 12.2. The molecule has 0 saturated carbocycles. The van der Waals surface area contributed by atoms with Crippen LogP contribution < -0.4 is 10.9 Å². The highest BCUT2D eigenvalue weighted by Crippen LogP contribution is 2.27. The van der Waals surface area contributed by atoms with Gasteiger partial charge in [-0.15, -0.1) is 11.3 Å². The molecule has 1 unspecified atom stereocenters. The fourth-order valence-corrected chi connectivity index (χ4v) is 3.27. The number of ether oxygens (including phenoxy) is 1. The van der Waals surface area contributed by atoms with E-state index < -0.39 is 5.97 Å². The van der Waals surface area contributed by atoms with Gasteiger partial charge in [0.25, 0.3) is 5.56 Å². The number of esters is 1. The van der Waals surface area contributed by atoms with E-state index in [9.17, 15) is 14.4 Å². The number of carbonyl (C=O) groups excluding carboxylic acids is 2. The number of thiophene rings is 1. The largest absolute Gasteiger partial charge is 0.462 e. The number of amides is 1. The Kier molecular flexibility index (Phi) is 5.71. The van der Waals surface area contributed by atoms with Gasteiger partial charge in [-0.2, -0.15) is 0 Å². The zero-order chi connectivity index (χ0) is 17.9. The molecule has 2 heterocycles. The first-order valence-corrected chi connectivity index (χ1v) is 8.65. The number of rotatable bonds is 6. The molecule has 8 heteroatoms. The minimum absolute atomic E-state index is 0.0446. The first-order valence-electron chi connectivity index (χ1n) is 7.84. The number of carbonyl (C=O) groups is 2. The number of aromatic nitrogens is 2. The number of hydrogen-bond donors (Lipinski definition) is 1. The van der Waals surface area contributed by atoms with Crippen molar-refractivity contribution < 1.29 is 14.3 Å². The Labute approximate surface area is 143 Å². The van der Waals surface area contributed by atoms with Gasteiger partial charge < -0.3 is 10.1 Å². The molecule has 130 valence electrons. The van der Waals surface area contributed by atoms with Gasteiger partial charge in [-0.3, -0.25) is 14.2 Å². The van der Waals surface area contributed by atoms with Crippen molar-refractivity contribution in [3.63, 3.8) is 0 Å². The molecular weight excluding hydrogens is 330 g/mol. The van der Waals surface area contributed by atoms with Gasteiger partial charge in [0.1, 0.15) is 16.3 Å². The lowest BCUT2D eigenvalue weighted by atomic mass is 10.2. The van der Waals surface area contributed by atoms with Gasteiger partial charge in [-0.05, 0) is 32.8 Å². The average Bonchev–Trinajstić information content (AvgIpc) is 2.88. The second-order valence-electron chi connectivity index (χ2n) is 5.51. The van der Waals surface area contributed by atoms with Gasteiger partial charge in [-0.25, -0.2) is 9.78 Å². The summed E-state index contributed by atoms with van der Waals surface area (Å²) in [7, 11) is 0. The van der Waals surface area contributed by atoms with E-state index in [4.69, 9.17) is 4.74 Å². The standard InChI is InChI=1S/C16H21N3O4S/c1-5-9(3)18-11(20)7-19-8-17-14-12(15(19)21)10(4)13(24-14)16(22)23-6-2/h8-9H,5-7H2,1-4H3,(H,18,20). The summed E-state index contributed by atoms with van der Waals surface area (Å²) in [5.74, 6) is -0.704. The molecule has 1 amide bonds. The van der Waals surface area contributed by atoms with Crippen LogP contribution in [0.25, 0.3) is 10.2 Å². The van der Waals surface area contributed by atoms with Crippen molar-refractivity contribution in [1.29, 1.82) is 0 Å². The molecule has 1 atom stereocenters. The van der Waals surface area contributed by atoms with Crippen LogP contribution in [0.15, 0.2) is 11.1 Å². The Bertz CT molecular complexity index is 825. The van der Waals surface area contributed by atoms with Crippen LogP contribution in [0.1, 0.15) is 42.4 Å². The number of aryl methyl sites for hydroxylation is 1. The summed E-state index contributed by atoms with van der Waals surface area (Å²) in [5.41, 5.74) is 0.214. The van der Waals surface area contributed by atoms with E-state index in [1.165, 1.54) is 10.9 Å². The fourth-order valence-electron chi connectivity index (χ4n) is 2.24. The molecule has 2 rings (SSSR count). The van der Waals surface area contributed by atoms with Gasteiger partial charge in [0, 0.05) is 6.04 Å². The molecule has 2 aromatic heterocycles. The highest BCUT2D eigenvalue weighted by Gasteiger charge is 2.20. The third-order valence-electron chi connectivity index (χ3n) is 3.71. The van der Waals surface area contributed by atoms with E-state index >= 15 is 0 Å². The van der Waals surface area contributed by atoms with E-state index in [1.54, 1.807) is 13.8 Å². The molecule has 0 aliphatic rings. The Morgan fingerprint density at radius 2 is 2.12 bits per heavy atom. The molecule has 0 aromatic carbocycles. The second kappa shape index (κ2) is 7.57. The van der Waals surface area contributed by atoms with E-state index in [1.807, 2.05) is 13.8 Å². The van der Waals surface area contributed by atoms with Gasteiger partial charge >= 0.3 is 5.97 Å². The average molecular weight is 351 g/mol. The lowest BCUT2D eigenvalue weighted by molar-refractivity contribution is -0.122. The molecular formula is C16H21N3O4S. The van der Waals surface area contributed by atoms with Crippen LogP contribution in [0.3, 0.4) is 0 Å². The van der Waals surface area contributed by atoms with E-state index in [-0.39, 0.29) is 30.7 Å². The van der Waals surface area contributed by atoms with E-state index in [0.717, 1.165) is 17.8 Å². The van der Waals surface area contributed by atoms with E-state index in [0.29, 0.717) is 20.7 Å². The summed E-state index contributed by atoms with van der Waals surface area (Å²) < 4.78 is 6.26. The van der Waals surface area contributed by atoms with Gasteiger partial charge in [0.2, 0.25) is 5.91 Å². The molecule has 0 saturated heterocycles. The lowest BCUT2D eigenvalue weighted by Crippen LogP contribution is -2.37. The van der Waals surface area contributed by atoms with Crippen LogP contribution in [-0.4, -0.2) is 34.1 Å².